The van der Waals surface area contributed by atoms with Gasteiger partial charge in [0.1, 0.15) is 0 Å². The van der Waals surface area contributed by atoms with Crippen molar-refractivity contribution in [3.63, 3.8) is 0 Å². The van der Waals surface area contributed by atoms with Gasteiger partial charge in [-0.15, -0.1) is 5.10 Å². The van der Waals surface area contributed by atoms with Gasteiger partial charge in [-0.3, -0.25) is 0 Å². The van der Waals surface area contributed by atoms with Crippen LogP contribution >= 0.6 is 27.7 Å². The van der Waals surface area contributed by atoms with Crippen LogP contribution in [0.2, 0.25) is 0 Å². The van der Waals surface area contributed by atoms with Gasteiger partial charge in [-0.05, 0) is 11.4 Å². The van der Waals surface area contributed by atoms with Crippen molar-refractivity contribution in [3.05, 3.63) is 17.0 Å². The van der Waals surface area contributed by atoms with Crippen molar-refractivity contribution in [2.24, 2.45) is 0 Å². The summed E-state index contributed by atoms with van der Waals surface area (Å²) in [5, 5.41) is 7.55. The number of carbonyl (C=O) groups excluding carboxylic acids is 1. The number of halogens is 1. The third-order valence-corrected chi connectivity index (χ3v) is 2.77. The smallest absolute Gasteiger partial charge is 0.396 e. The number of aromatic nitrogens is 2. The Hall–Kier alpha value is -0.820. The fourth-order valence-corrected chi connectivity index (χ4v) is 1.54. The van der Waals surface area contributed by atoms with Gasteiger partial charge in [0.25, 0.3) is 5.22 Å². The molecule has 0 unspecified atom stereocenters. The SMILES string of the molecule is C=C(Br)CSc1nnc(C(=O)OCC)o1. The summed E-state index contributed by atoms with van der Waals surface area (Å²) in [6, 6.07) is 0. The van der Waals surface area contributed by atoms with Gasteiger partial charge in [0.15, 0.2) is 0 Å². The number of thioether (sulfide) groups is 1. The van der Waals surface area contributed by atoms with Crippen LogP contribution in [0.3, 0.4) is 0 Å². The van der Waals surface area contributed by atoms with Crippen LogP contribution in [0.15, 0.2) is 20.7 Å². The number of rotatable bonds is 5. The molecule has 0 saturated heterocycles. The van der Waals surface area contributed by atoms with Gasteiger partial charge in [0, 0.05) is 5.75 Å². The molecule has 1 aromatic heterocycles. The summed E-state index contributed by atoms with van der Waals surface area (Å²) in [6.07, 6.45) is 0. The molecule has 1 rings (SSSR count). The maximum Gasteiger partial charge on any atom is 0.396 e. The molecule has 82 valence electrons. The second-order valence-corrected chi connectivity index (χ2v) is 4.45. The third kappa shape index (κ3) is 4.05. The van der Waals surface area contributed by atoms with E-state index in [0.717, 1.165) is 4.48 Å². The van der Waals surface area contributed by atoms with Crippen LogP contribution in [0.1, 0.15) is 17.6 Å². The maximum atomic E-state index is 11.1. The van der Waals surface area contributed by atoms with Gasteiger partial charge in [0.05, 0.1) is 6.61 Å². The fourth-order valence-electron chi connectivity index (χ4n) is 0.683. The molecule has 0 spiro atoms. The van der Waals surface area contributed by atoms with E-state index in [9.17, 15) is 4.79 Å². The molecule has 1 heterocycles. The molecular weight excluding hydrogens is 284 g/mol. The molecule has 15 heavy (non-hydrogen) atoms. The molecular formula is C8H9BrN2O3S. The Morgan fingerprint density at radius 2 is 2.40 bits per heavy atom. The lowest BCUT2D eigenvalue weighted by molar-refractivity contribution is 0.0475. The van der Waals surface area contributed by atoms with E-state index in [-0.39, 0.29) is 12.5 Å². The molecule has 0 radical (unpaired) electrons. The first-order valence-electron chi connectivity index (χ1n) is 4.10. The number of ether oxygens (including phenoxy) is 1. The Balaban J connectivity index is 2.56. The zero-order valence-electron chi connectivity index (χ0n) is 8.03. The molecule has 0 fully saturated rings. The molecule has 5 nitrogen and oxygen atoms in total. The van der Waals surface area contributed by atoms with Crippen LogP contribution in [0.25, 0.3) is 0 Å². The van der Waals surface area contributed by atoms with Gasteiger partial charge in [-0.25, -0.2) is 4.79 Å². The Labute approximate surface area is 99.4 Å². The van der Waals surface area contributed by atoms with Crippen LogP contribution in [-0.4, -0.2) is 28.5 Å². The molecule has 0 aliphatic carbocycles. The first-order chi connectivity index (χ1) is 7.13. The number of esters is 1. The van der Waals surface area contributed by atoms with Crippen LogP contribution in [-0.2, 0) is 4.74 Å². The van der Waals surface area contributed by atoms with E-state index >= 15 is 0 Å². The highest BCUT2D eigenvalue weighted by Gasteiger charge is 2.15. The van der Waals surface area contributed by atoms with Crippen molar-refractivity contribution in [2.45, 2.75) is 12.1 Å². The third-order valence-electron chi connectivity index (χ3n) is 1.21. The second-order valence-electron chi connectivity index (χ2n) is 2.40. The van der Waals surface area contributed by atoms with Gasteiger partial charge in [-0.2, -0.15) is 0 Å². The molecule has 0 aliphatic heterocycles. The predicted molar refractivity (Wildman–Crippen MR) is 59.0 cm³/mol. The highest BCUT2D eigenvalue weighted by molar-refractivity contribution is 9.11. The molecule has 1 aromatic rings. The summed E-state index contributed by atoms with van der Waals surface area (Å²) < 4.78 is 10.6. The average Bonchev–Trinajstić information content (AvgIpc) is 2.63. The Morgan fingerprint density at radius 3 is 3.00 bits per heavy atom. The monoisotopic (exact) mass is 292 g/mol. The van der Waals surface area contributed by atoms with Crippen LogP contribution in [0.5, 0.6) is 0 Å². The van der Waals surface area contributed by atoms with Crippen LogP contribution < -0.4 is 0 Å². The maximum absolute atomic E-state index is 11.1. The minimum Gasteiger partial charge on any atom is -0.459 e. The standard InChI is InChI=1S/C8H9BrN2O3S/c1-3-13-7(12)6-10-11-8(14-6)15-4-5(2)9/h2-4H2,1H3. The summed E-state index contributed by atoms with van der Waals surface area (Å²) in [5.74, 6) is -0.126. The first-order valence-corrected chi connectivity index (χ1v) is 5.88. The minimum absolute atomic E-state index is 0.125. The fraction of sp³-hybridized carbons (Fsp3) is 0.375. The highest BCUT2D eigenvalue weighted by Crippen LogP contribution is 2.20. The molecule has 0 saturated carbocycles. The first kappa shape index (κ1) is 12.3. The lowest BCUT2D eigenvalue weighted by Gasteiger charge is -1.94. The Kier molecular flexibility index (Phi) is 4.83. The Bertz CT molecular complexity index is 367. The van der Waals surface area contributed by atoms with Crippen molar-refractivity contribution >= 4 is 33.7 Å². The van der Waals surface area contributed by atoms with E-state index in [2.05, 4.69) is 32.7 Å². The molecule has 0 N–H and O–H groups in total. The molecule has 0 bridgehead atoms. The van der Waals surface area contributed by atoms with Crippen molar-refractivity contribution in [1.82, 2.24) is 10.2 Å². The number of hydrogen-bond acceptors (Lipinski definition) is 6. The lowest BCUT2D eigenvalue weighted by Crippen LogP contribution is -2.04. The van der Waals surface area contributed by atoms with Gasteiger partial charge >= 0.3 is 11.9 Å². The van der Waals surface area contributed by atoms with Gasteiger partial charge < -0.3 is 9.15 Å². The summed E-state index contributed by atoms with van der Waals surface area (Å²) >= 11 is 4.49. The topological polar surface area (TPSA) is 65.2 Å². The van der Waals surface area contributed by atoms with E-state index in [1.165, 1.54) is 11.8 Å². The number of carbonyl (C=O) groups is 1. The summed E-state index contributed by atoms with van der Waals surface area (Å²) in [7, 11) is 0. The molecule has 0 aromatic carbocycles. The van der Waals surface area contributed by atoms with Gasteiger partial charge in [0.2, 0.25) is 0 Å². The number of hydrogen-bond donors (Lipinski definition) is 0. The van der Waals surface area contributed by atoms with E-state index in [1.54, 1.807) is 6.92 Å². The van der Waals surface area contributed by atoms with Gasteiger partial charge in [-0.1, -0.05) is 39.4 Å². The largest absolute Gasteiger partial charge is 0.459 e. The zero-order chi connectivity index (χ0) is 11.3. The second kappa shape index (κ2) is 5.92. The van der Waals surface area contributed by atoms with E-state index in [1.807, 2.05) is 0 Å². The van der Waals surface area contributed by atoms with Crippen LogP contribution in [0.4, 0.5) is 0 Å². The van der Waals surface area contributed by atoms with Crippen LogP contribution in [0, 0.1) is 0 Å². The molecule has 0 aliphatic rings. The van der Waals surface area contributed by atoms with E-state index in [4.69, 9.17) is 9.15 Å². The normalized spacial score (nSPS) is 10.0. The van der Waals surface area contributed by atoms with Crippen molar-refractivity contribution in [2.75, 3.05) is 12.4 Å². The lowest BCUT2D eigenvalue weighted by atomic mass is 10.7. The summed E-state index contributed by atoms with van der Waals surface area (Å²) in [5.41, 5.74) is 0. The predicted octanol–water partition coefficient (Wildman–Crippen LogP) is 2.25. The molecule has 0 atom stereocenters. The van der Waals surface area contributed by atoms with Crippen molar-refractivity contribution < 1.29 is 13.9 Å². The minimum atomic E-state index is -0.602. The summed E-state index contributed by atoms with van der Waals surface area (Å²) in [4.78, 5) is 11.1. The molecule has 0 amide bonds. The van der Waals surface area contributed by atoms with Crippen molar-refractivity contribution in [1.29, 1.82) is 0 Å². The van der Waals surface area contributed by atoms with Crippen molar-refractivity contribution in [3.8, 4) is 0 Å². The zero-order valence-corrected chi connectivity index (χ0v) is 10.4. The average molecular weight is 293 g/mol. The molecule has 7 heteroatoms. The number of nitrogens with zero attached hydrogens (tertiary/aromatic N) is 2. The highest BCUT2D eigenvalue weighted by atomic mass is 79.9. The Morgan fingerprint density at radius 1 is 1.67 bits per heavy atom. The van der Waals surface area contributed by atoms with E-state index < -0.39 is 5.97 Å². The quantitative estimate of drug-likeness (QED) is 0.613. The van der Waals surface area contributed by atoms with E-state index in [0.29, 0.717) is 11.0 Å². The summed E-state index contributed by atoms with van der Waals surface area (Å²) in [6.45, 7) is 5.64.